The minimum atomic E-state index is -0.947. The number of Topliss-reactive ketones (excluding diaryl/α,β-unsaturated/α-hetero) is 1. The molecule has 23 heavy (non-hydrogen) atoms. The van der Waals surface area contributed by atoms with Crippen LogP contribution >= 0.6 is 11.8 Å². The van der Waals surface area contributed by atoms with Crippen molar-refractivity contribution in [3.63, 3.8) is 0 Å². The monoisotopic (exact) mass is 335 g/mol. The number of hydrogen-bond donors (Lipinski definition) is 1. The fraction of sp³-hybridized carbons (Fsp3) is 0.176. The Morgan fingerprint density at radius 1 is 1.09 bits per heavy atom. The number of nitrogens with one attached hydrogen (secondary N) is 1. The Hall–Kier alpha value is -2.21. The number of hydrogen-bond acceptors (Lipinski definition) is 3. The van der Waals surface area contributed by atoms with Gasteiger partial charge < -0.3 is 5.32 Å². The number of benzene rings is 2. The molecular weight excluding hydrogens is 320 g/mol. The number of thioether (sulfide) groups is 1. The van der Waals surface area contributed by atoms with E-state index in [0.29, 0.717) is 16.1 Å². The predicted molar refractivity (Wildman–Crippen MR) is 86.8 cm³/mol. The average molecular weight is 335 g/mol. The number of anilines is 1. The summed E-state index contributed by atoms with van der Waals surface area (Å²) in [5.41, 5.74) is 1.02. The van der Waals surface area contributed by atoms with Crippen LogP contribution in [-0.2, 0) is 4.79 Å². The van der Waals surface area contributed by atoms with Crippen LogP contribution in [-0.4, -0.2) is 16.9 Å². The van der Waals surface area contributed by atoms with E-state index in [1.54, 1.807) is 31.2 Å². The van der Waals surface area contributed by atoms with Crippen LogP contribution < -0.4 is 5.32 Å². The highest BCUT2D eigenvalue weighted by Crippen LogP contribution is 2.25. The highest BCUT2D eigenvalue weighted by molar-refractivity contribution is 8.00. The molecule has 0 aromatic heterocycles. The second-order valence-electron chi connectivity index (χ2n) is 4.96. The minimum Gasteiger partial charge on any atom is -0.325 e. The molecule has 1 N–H and O–H groups in total. The number of carbonyl (C=O) groups is 2. The van der Waals surface area contributed by atoms with Gasteiger partial charge in [-0.05, 0) is 44.2 Å². The zero-order valence-electron chi connectivity index (χ0n) is 12.6. The maximum Gasteiger partial charge on any atom is 0.237 e. The molecule has 1 amide bonds. The summed E-state index contributed by atoms with van der Waals surface area (Å²) < 4.78 is 26.1. The number of carbonyl (C=O) groups excluding carboxylic acids is 2. The lowest BCUT2D eigenvalue weighted by molar-refractivity contribution is -0.115. The summed E-state index contributed by atoms with van der Waals surface area (Å²) in [7, 11) is 0. The van der Waals surface area contributed by atoms with Crippen LogP contribution in [0.1, 0.15) is 24.2 Å². The van der Waals surface area contributed by atoms with Gasteiger partial charge >= 0.3 is 0 Å². The first kappa shape index (κ1) is 17.1. The molecule has 1 atom stereocenters. The van der Waals surface area contributed by atoms with Gasteiger partial charge in [0.2, 0.25) is 5.91 Å². The van der Waals surface area contributed by atoms with Crippen molar-refractivity contribution in [1.29, 1.82) is 0 Å². The summed E-state index contributed by atoms with van der Waals surface area (Å²) >= 11 is 1.12. The lowest BCUT2D eigenvalue weighted by Crippen LogP contribution is -2.22. The molecule has 0 radical (unpaired) electrons. The maximum absolute atomic E-state index is 13.2. The Bertz CT molecular complexity index is 749. The fourth-order valence-corrected chi connectivity index (χ4v) is 2.76. The Labute approximate surface area is 137 Å². The highest BCUT2D eigenvalue weighted by Gasteiger charge is 2.16. The van der Waals surface area contributed by atoms with Crippen LogP contribution in [0.15, 0.2) is 47.4 Å². The molecule has 2 aromatic carbocycles. The van der Waals surface area contributed by atoms with E-state index in [0.717, 1.165) is 23.9 Å². The first-order valence-electron chi connectivity index (χ1n) is 6.90. The third-order valence-electron chi connectivity index (χ3n) is 3.11. The first-order valence-corrected chi connectivity index (χ1v) is 7.78. The van der Waals surface area contributed by atoms with Crippen molar-refractivity contribution in [3.05, 3.63) is 59.7 Å². The molecule has 0 aliphatic rings. The first-order chi connectivity index (χ1) is 10.9. The van der Waals surface area contributed by atoms with Crippen LogP contribution in [0.25, 0.3) is 0 Å². The second kappa shape index (κ2) is 7.37. The van der Waals surface area contributed by atoms with Gasteiger partial charge in [0.05, 0.1) is 5.25 Å². The Morgan fingerprint density at radius 2 is 1.83 bits per heavy atom. The van der Waals surface area contributed by atoms with Gasteiger partial charge in [-0.1, -0.05) is 12.1 Å². The van der Waals surface area contributed by atoms with E-state index in [-0.39, 0.29) is 11.7 Å². The normalized spacial score (nSPS) is 11.8. The quantitative estimate of drug-likeness (QED) is 0.655. The maximum atomic E-state index is 13.2. The smallest absolute Gasteiger partial charge is 0.237 e. The van der Waals surface area contributed by atoms with Crippen molar-refractivity contribution in [2.24, 2.45) is 0 Å². The molecule has 0 aliphatic heterocycles. The van der Waals surface area contributed by atoms with Crippen molar-refractivity contribution >= 4 is 29.1 Å². The summed E-state index contributed by atoms with van der Waals surface area (Å²) in [6.45, 7) is 3.11. The average Bonchev–Trinajstić information content (AvgIpc) is 2.51. The van der Waals surface area contributed by atoms with Gasteiger partial charge in [0.15, 0.2) is 17.4 Å². The van der Waals surface area contributed by atoms with Crippen molar-refractivity contribution in [2.75, 3.05) is 5.32 Å². The van der Waals surface area contributed by atoms with Gasteiger partial charge in [0, 0.05) is 16.1 Å². The van der Waals surface area contributed by atoms with E-state index >= 15 is 0 Å². The third-order valence-corrected chi connectivity index (χ3v) is 4.20. The minimum absolute atomic E-state index is 0.0923. The van der Waals surface area contributed by atoms with E-state index in [4.69, 9.17) is 0 Å². The summed E-state index contributed by atoms with van der Waals surface area (Å²) in [4.78, 5) is 24.0. The molecule has 2 aromatic rings. The predicted octanol–water partition coefficient (Wildman–Crippen LogP) is 4.29. The topological polar surface area (TPSA) is 46.2 Å². The van der Waals surface area contributed by atoms with Gasteiger partial charge in [-0.3, -0.25) is 9.59 Å². The van der Waals surface area contributed by atoms with Gasteiger partial charge in [0.1, 0.15) is 0 Å². The fourth-order valence-electron chi connectivity index (χ4n) is 1.87. The van der Waals surface area contributed by atoms with Crippen LogP contribution in [0.4, 0.5) is 14.5 Å². The van der Waals surface area contributed by atoms with Crippen LogP contribution in [0.2, 0.25) is 0 Å². The van der Waals surface area contributed by atoms with Gasteiger partial charge in [0.25, 0.3) is 0 Å². The molecule has 0 spiro atoms. The molecule has 0 saturated carbocycles. The highest BCUT2D eigenvalue weighted by atomic mass is 32.2. The van der Waals surface area contributed by atoms with E-state index in [1.165, 1.54) is 13.0 Å². The summed E-state index contributed by atoms with van der Waals surface area (Å²) in [6.07, 6.45) is 0. The lowest BCUT2D eigenvalue weighted by atomic mass is 10.1. The van der Waals surface area contributed by atoms with Crippen molar-refractivity contribution in [3.8, 4) is 0 Å². The van der Waals surface area contributed by atoms with Gasteiger partial charge in [-0.25, -0.2) is 8.78 Å². The molecule has 1 unspecified atom stereocenters. The molecule has 0 bridgehead atoms. The molecule has 3 nitrogen and oxygen atoms in total. The molecular formula is C17H15F2NO2S. The Morgan fingerprint density at radius 3 is 2.48 bits per heavy atom. The lowest BCUT2D eigenvalue weighted by Gasteiger charge is -2.12. The summed E-state index contributed by atoms with van der Waals surface area (Å²) in [5.74, 6) is -2.25. The van der Waals surface area contributed by atoms with Crippen LogP contribution in [0.5, 0.6) is 0 Å². The van der Waals surface area contributed by atoms with Gasteiger partial charge in [-0.15, -0.1) is 11.8 Å². The van der Waals surface area contributed by atoms with Crippen LogP contribution in [0.3, 0.4) is 0 Å². The van der Waals surface area contributed by atoms with E-state index < -0.39 is 16.9 Å². The molecule has 2 rings (SSSR count). The van der Waals surface area contributed by atoms with Crippen molar-refractivity contribution in [2.45, 2.75) is 24.0 Å². The number of amides is 1. The van der Waals surface area contributed by atoms with Crippen LogP contribution in [0, 0.1) is 11.6 Å². The number of ketones is 1. The number of rotatable bonds is 5. The molecule has 120 valence electrons. The summed E-state index contributed by atoms with van der Waals surface area (Å²) in [6, 6.07) is 10.1. The van der Waals surface area contributed by atoms with Crippen molar-refractivity contribution < 1.29 is 18.4 Å². The van der Waals surface area contributed by atoms with E-state index in [1.807, 2.05) is 0 Å². The standard InChI is InChI=1S/C17H15F2NO2S/c1-10(21)12-4-3-5-13(8-12)20-17(22)11(2)23-14-6-7-15(18)16(19)9-14/h3-9,11H,1-2H3,(H,20,22). The largest absolute Gasteiger partial charge is 0.325 e. The van der Waals surface area contributed by atoms with E-state index in [2.05, 4.69) is 5.32 Å². The second-order valence-corrected chi connectivity index (χ2v) is 6.38. The zero-order valence-corrected chi connectivity index (χ0v) is 13.4. The number of halogens is 2. The SMILES string of the molecule is CC(=O)c1cccc(NC(=O)C(C)Sc2ccc(F)c(F)c2)c1. The summed E-state index contributed by atoms with van der Waals surface area (Å²) in [5, 5.41) is 2.19. The molecule has 6 heteroatoms. The third kappa shape index (κ3) is 4.63. The zero-order chi connectivity index (χ0) is 17.0. The molecule has 0 heterocycles. The van der Waals surface area contributed by atoms with E-state index in [9.17, 15) is 18.4 Å². The van der Waals surface area contributed by atoms with Crippen molar-refractivity contribution in [1.82, 2.24) is 0 Å². The molecule has 0 aliphatic carbocycles. The Balaban J connectivity index is 2.03. The molecule has 0 fully saturated rings. The van der Waals surface area contributed by atoms with Gasteiger partial charge in [-0.2, -0.15) is 0 Å². The Kier molecular flexibility index (Phi) is 5.50. The molecule has 0 saturated heterocycles.